The topological polar surface area (TPSA) is 79.3 Å². The average molecular weight is 359 g/mol. The van der Waals surface area contributed by atoms with Crippen molar-refractivity contribution in [2.45, 2.75) is 6.92 Å². The largest absolute Gasteiger partial charge is 0.476 e. The number of aryl methyl sites for hydroxylation is 1. The SMILES string of the molecule is Cc1ccc2nc(C(=O)O)c(N=Nc3cccc(Br)c3)n2c1. The monoisotopic (exact) mass is 358 g/mol. The van der Waals surface area contributed by atoms with E-state index in [1.165, 1.54) is 0 Å². The van der Waals surface area contributed by atoms with Crippen LogP contribution in [0.4, 0.5) is 11.5 Å². The molecule has 2 heterocycles. The van der Waals surface area contributed by atoms with E-state index in [0.717, 1.165) is 10.0 Å². The fourth-order valence-corrected chi connectivity index (χ4v) is 2.41. The molecule has 0 amide bonds. The molecule has 0 radical (unpaired) electrons. The van der Waals surface area contributed by atoms with Crippen molar-refractivity contribution in [1.82, 2.24) is 9.38 Å². The van der Waals surface area contributed by atoms with E-state index in [0.29, 0.717) is 11.3 Å². The second-order valence-corrected chi connectivity index (χ2v) is 5.62. The number of azo groups is 1. The van der Waals surface area contributed by atoms with E-state index in [1.54, 1.807) is 28.8 Å². The van der Waals surface area contributed by atoms with E-state index in [1.807, 2.05) is 25.1 Å². The van der Waals surface area contributed by atoms with Gasteiger partial charge in [-0.25, -0.2) is 9.78 Å². The molecule has 0 bridgehead atoms. The molecule has 3 rings (SSSR count). The van der Waals surface area contributed by atoms with E-state index >= 15 is 0 Å². The standard InChI is InChI=1S/C15H11BrN4O2/c1-9-5-6-12-17-13(15(21)22)14(20(12)8-9)19-18-11-4-2-3-10(16)7-11/h2-8H,1H3,(H,21,22). The van der Waals surface area contributed by atoms with Crippen molar-refractivity contribution in [2.75, 3.05) is 0 Å². The van der Waals surface area contributed by atoms with Crippen LogP contribution in [0.2, 0.25) is 0 Å². The zero-order valence-electron chi connectivity index (χ0n) is 11.6. The minimum Gasteiger partial charge on any atom is -0.476 e. The maximum absolute atomic E-state index is 11.4. The van der Waals surface area contributed by atoms with Crippen LogP contribution < -0.4 is 0 Å². The van der Waals surface area contributed by atoms with Crippen molar-refractivity contribution < 1.29 is 9.90 Å². The summed E-state index contributed by atoms with van der Waals surface area (Å²) in [6, 6.07) is 10.9. The maximum atomic E-state index is 11.4. The van der Waals surface area contributed by atoms with Crippen molar-refractivity contribution in [3.8, 4) is 0 Å². The molecule has 1 N–H and O–H groups in total. The first-order valence-electron chi connectivity index (χ1n) is 6.44. The minimum absolute atomic E-state index is 0.121. The van der Waals surface area contributed by atoms with Crippen LogP contribution in [0, 0.1) is 6.92 Å². The van der Waals surface area contributed by atoms with Gasteiger partial charge in [0, 0.05) is 10.7 Å². The van der Waals surface area contributed by atoms with E-state index in [4.69, 9.17) is 0 Å². The van der Waals surface area contributed by atoms with E-state index in [2.05, 4.69) is 31.1 Å². The first-order chi connectivity index (χ1) is 10.5. The zero-order valence-corrected chi connectivity index (χ0v) is 13.1. The molecule has 7 heteroatoms. The summed E-state index contributed by atoms with van der Waals surface area (Å²) in [6.07, 6.45) is 1.78. The molecule has 110 valence electrons. The summed E-state index contributed by atoms with van der Waals surface area (Å²) in [4.78, 5) is 15.4. The molecular formula is C15H11BrN4O2. The Balaban J connectivity index is 2.14. The van der Waals surface area contributed by atoms with E-state index in [9.17, 15) is 9.90 Å². The lowest BCUT2D eigenvalue weighted by atomic mass is 10.3. The lowest BCUT2D eigenvalue weighted by Crippen LogP contribution is -1.96. The highest BCUT2D eigenvalue weighted by atomic mass is 79.9. The number of carboxylic acid groups (broad SMARTS) is 1. The van der Waals surface area contributed by atoms with Crippen LogP contribution in [0.3, 0.4) is 0 Å². The number of hydrogen-bond donors (Lipinski definition) is 1. The molecule has 0 unspecified atom stereocenters. The maximum Gasteiger partial charge on any atom is 0.358 e. The molecule has 6 nitrogen and oxygen atoms in total. The van der Waals surface area contributed by atoms with Crippen LogP contribution in [0.15, 0.2) is 57.3 Å². The third-order valence-corrected chi connectivity index (χ3v) is 3.51. The quantitative estimate of drug-likeness (QED) is 0.699. The summed E-state index contributed by atoms with van der Waals surface area (Å²) < 4.78 is 2.50. The van der Waals surface area contributed by atoms with Crippen LogP contribution in [-0.2, 0) is 0 Å². The number of pyridine rings is 1. The molecule has 0 aliphatic heterocycles. The number of halogens is 1. The summed E-state index contributed by atoms with van der Waals surface area (Å²) in [5.74, 6) is -0.935. The number of imidazole rings is 1. The van der Waals surface area contributed by atoms with Gasteiger partial charge in [0.2, 0.25) is 0 Å². The lowest BCUT2D eigenvalue weighted by molar-refractivity contribution is 0.0692. The van der Waals surface area contributed by atoms with Crippen LogP contribution in [0.5, 0.6) is 0 Å². The molecule has 3 aromatic rings. The first-order valence-corrected chi connectivity index (χ1v) is 7.23. The van der Waals surface area contributed by atoms with Gasteiger partial charge in [0.05, 0.1) is 5.69 Å². The van der Waals surface area contributed by atoms with Gasteiger partial charge in [-0.2, -0.15) is 0 Å². The van der Waals surface area contributed by atoms with Gasteiger partial charge in [-0.1, -0.05) is 28.1 Å². The lowest BCUT2D eigenvalue weighted by Gasteiger charge is -1.98. The van der Waals surface area contributed by atoms with Crippen LogP contribution in [0.25, 0.3) is 5.65 Å². The summed E-state index contributed by atoms with van der Waals surface area (Å²) in [6.45, 7) is 1.91. The normalized spacial score (nSPS) is 11.4. The van der Waals surface area contributed by atoms with Gasteiger partial charge in [-0.3, -0.25) is 4.40 Å². The van der Waals surface area contributed by atoms with Gasteiger partial charge in [0.1, 0.15) is 5.65 Å². The molecule has 0 saturated carbocycles. The van der Waals surface area contributed by atoms with Crippen LogP contribution in [0.1, 0.15) is 16.1 Å². The number of aromatic carboxylic acids is 1. The van der Waals surface area contributed by atoms with Crippen molar-refractivity contribution in [3.05, 3.63) is 58.3 Å². The number of fused-ring (bicyclic) bond motifs is 1. The van der Waals surface area contributed by atoms with Crippen LogP contribution in [-0.4, -0.2) is 20.5 Å². The number of nitrogens with zero attached hydrogens (tertiary/aromatic N) is 4. The summed E-state index contributed by atoms with van der Waals surface area (Å²) >= 11 is 3.35. The van der Waals surface area contributed by atoms with E-state index < -0.39 is 5.97 Å². The number of benzene rings is 1. The van der Waals surface area contributed by atoms with Crippen molar-refractivity contribution in [3.63, 3.8) is 0 Å². The van der Waals surface area contributed by atoms with Crippen LogP contribution >= 0.6 is 15.9 Å². The second-order valence-electron chi connectivity index (χ2n) is 4.70. The average Bonchev–Trinajstić information content (AvgIpc) is 2.83. The Morgan fingerprint density at radius 3 is 2.82 bits per heavy atom. The smallest absolute Gasteiger partial charge is 0.358 e. The molecule has 22 heavy (non-hydrogen) atoms. The van der Waals surface area contributed by atoms with Gasteiger partial charge in [-0.05, 0) is 36.8 Å². The summed E-state index contributed by atoms with van der Waals surface area (Å²) in [5.41, 5.74) is 1.99. The molecule has 0 atom stereocenters. The molecule has 1 aromatic carbocycles. The zero-order chi connectivity index (χ0) is 15.7. The highest BCUT2D eigenvalue weighted by Gasteiger charge is 2.18. The minimum atomic E-state index is -1.13. The fourth-order valence-electron chi connectivity index (χ4n) is 2.02. The molecule has 0 aliphatic carbocycles. The number of hydrogen-bond acceptors (Lipinski definition) is 4. The molecular weight excluding hydrogens is 348 g/mol. The third kappa shape index (κ3) is 2.75. The number of carbonyl (C=O) groups is 1. The Bertz CT molecular complexity index is 902. The van der Waals surface area contributed by atoms with Crippen molar-refractivity contribution >= 4 is 39.1 Å². The summed E-state index contributed by atoms with van der Waals surface area (Å²) in [7, 11) is 0. The van der Waals surface area contributed by atoms with Crippen molar-refractivity contribution in [2.24, 2.45) is 10.2 Å². The number of rotatable bonds is 3. The molecule has 0 fully saturated rings. The predicted molar refractivity (Wildman–Crippen MR) is 85.2 cm³/mol. The van der Waals surface area contributed by atoms with Crippen molar-refractivity contribution in [1.29, 1.82) is 0 Å². The van der Waals surface area contributed by atoms with Gasteiger partial charge in [-0.15, -0.1) is 10.2 Å². The Morgan fingerprint density at radius 2 is 2.09 bits per heavy atom. The number of aromatic nitrogens is 2. The molecule has 0 aliphatic rings. The Morgan fingerprint density at radius 1 is 1.27 bits per heavy atom. The van der Waals surface area contributed by atoms with E-state index in [-0.39, 0.29) is 11.5 Å². The molecule has 0 spiro atoms. The highest BCUT2D eigenvalue weighted by molar-refractivity contribution is 9.10. The Hall–Kier alpha value is -2.54. The predicted octanol–water partition coefficient (Wildman–Crippen LogP) is 4.52. The molecule has 0 saturated heterocycles. The highest BCUT2D eigenvalue weighted by Crippen LogP contribution is 2.26. The fraction of sp³-hybridized carbons (Fsp3) is 0.0667. The van der Waals surface area contributed by atoms with Gasteiger partial charge < -0.3 is 5.11 Å². The van der Waals surface area contributed by atoms with Gasteiger partial charge in [0.25, 0.3) is 0 Å². The first kappa shape index (κ1) is 14.4. The van der Waals surface area contributed by atoms with Gasteiger partial charge >= 0.3 is 5.97 Å². The Labute approximate surface area is 134 Å². The van der Waals surface area contributed by atoms with Gasteiger partial charge in [0.15, 0.2) is 11.5 Å². The third-order valence-electron chi connectivity index (χ3n) is 3.01. The molecule has 2 aromatic heterocycles. The second kappa shape index (κ2) is 5.69. The summed E-state index contributed by atoms with van der Waals surface area (Å²) in [5, 5.41) is 17.5. The number of carboxylic acids is 1. The Kier molecular flexibility index (Phi) is 3.72.